The number of anilines is 1. The van der Waals surface area contributed by atoms with Gasteiger partial charge in [0.15, 0.2) is 0 Å². The Morgan fingerprint density at radius 2 is 2.04 bits per heavy atom. The summed E-state index contributed by atoms with van der Waals surface area (Å²) in [7, 11) is 0. The van der Waals surface area contributed by atoms with Crippen molar-refractivity contribution in [2.24, 2.45) is 0 Å². The fourth-order valence-electron chi connectivity index (χ4n) is 2.98. The number of carbonyl (C=O) groups is 1. The van der Waals surface area contributed by atoms with Gasteiger partial charge in [0.2, 0.25) is 0 Å². The van der Waals surface area contributed by atoms with Crippen LogP contribution in [0, 0.1) is 17.0 Å². The molecule has 2 aromatic carbocycles. The molecular weight excluding hydrogens is 386 g/mol. The monoisotopic (exact) mass is 405 g/mol. The summed E-state index contributed by atoms with van der Waals surface area (Å²) < 4.78 is 0. The molecule has 6 nitrogen and oxygen atoms in total. The summed E-state index contributed by atoms with van der Waals surface area (Å²) in [4.78, 5) is 25.3. The van der Waals surface area contributed by atoms with Crippen molar-refractivity contribution < 1.29 is 9.72 Å². The van der Waals surface area contributed by atoms with Crippen LogP contribution in [-0.2, 0) is 6.54 Å². The third-order valence-electron chi connectivity index (χ3n) is 4.60. The highest BCUT2D eigenvalue weighted by molar-refractivity contribution is 7.99. The van der Waals surface area contributed by atoms with E-state index in [0.29, 0.717) is 0 Å². The van der Waals surface area contributed by atoms with Gasteiger partial charge in [-0.3, -0.25) is 19.8 Å². The van der Waals surface area contributed by atoms with E-state index in [1.807, 2.05) is 30.8 Å². The van der Waals surface area contributed by atoms with Gasteiger partial charge < -0.3 is 5.32 Å². The Morgan fingerprint density at radius 1 is 1.30 bits per heavy atom. The number of carbonyl (C=O) groups excluding carboxylic acids is 1. The van der Waals surface area contributed by atoms with Gasteiger partial charge in [-0.1, -0.05) is 23.7 Å². The fraction of sp³-hybridized carbons (Fsp3) is 0.316. The van der Waals surface area contributed by atoms with Crippen molar-refractivity contribution in [2.75, 3.05) is 29.9 Å². The highest BCUT2D eigenvalue weighted by Gasteiger charge is 2.17. The van der Waals surface area contributed by atoms with Crippen molar-refractivity contribution in [1.29, 1.82) is 0 Å². The molecule has 0 aliphatic carbocycles. The maximum atomic E-state index is 12.6. The molecule has 1 heterocycles. The summed E-state index contributed by atoms with van der Waals surface area (Å²) in [6.07, 6.45) is 0. The largest absolute Gasteiger partial charge is 0.322 e. The quantitative estimate of drug-likeness (QED) is 0.591. The predicted octanol–water partition coefficient (Wildman–Crippen LogP) is 4.36. The van der Waals surface area contributed by atoms with E-state index in [4.69, 9.17) is 11.6 Å². The second-order valence-electron chi connectivity index (χ2n) is 6.35. The Bertz CT molecular complexity index is 869. The molecular formula is C19H20ClN3O3S. The van der Waals surface area contributed by atoms with Gasteiger partial charge in [-0.15, -0.1) is 0 Å². The lowest BCUT2D eigenvalue weighted by Crippen LogP contribution is -2.32. The number of nitrogens with one attached hydrogen (secondary N) is 1. The number of hydrogen-bond donors (Lipinski definition) is 1. The summed E-state index contributed by atoms with van der Waals surface area (Å²) in [5, 5.41) is 13.7. The van der Waals surface area contributed by atoms with E-state index >= 15 is 0 Å². The summed E-state index contributed by atoms with van der Waals surface area (Å²) >= 11 is 8.03. The van der Waals surface area contributed by atoms with Gasteiger partial charge in [-0.2, -0.15) is 11.8 Å². The number of thioether (sulfide) groups is 1. The van der Waals surface area contributed by atoms with E-state index in [1.165, 1.54) is 23.8 Å². The van der Waals surface area contributed by atoms with Crippen LogP contribution in [0.3, 0.4) is 0 Å². The van der Waals surface area contributed by atoms with Gasteiger partial charge in [0.1, 0.15) is 0 Å². The average Bonchev–Trinajstić information content (AvgIpc) is 2.65. The number of rotatable bonds is 5. The zero-order valence-electron chi connectivity index (χ0n) is 14.9. The maximum absolute atomic E-state index is 12.6. The van der Waals surface area contributed by atoms with E-state index in [1.54, 1.807) is 0 Å². The lowest BCUT2D eigenvalue weighted by atomic mass is 10.1. The highest BCUT2D eigenvalue weighted by atomic mass is 35.5. The minimum atomic E-state index is -0.541. The van der Waals surface area contributed by atoms with E-state index in [0.717, 1.165) is 42.4 Å². The normalized spacial score (nSPS) is 14.7. The molecule has 1 aliphatic heterocycles. The summed E-state index contributed by atoms with van der Waals surface area (Å²) in [6, 6.07) is 9.69. The van der Waals surface area contributed by atoms with Crippen molar-refractivity contribution in [3.63, 3.8) is 0 Å². The highest BCUT2D eigenvalue weighted by Crippen LogP contribution is 2.26. The zero-order chi connectivity index (χ0) is 19.4. The molecule has 1 N–H and O–H groups in total. The second kappa shape index (κ2) is 8.73. The molecule has 27 heavy (non-hydrogen) atoms. The van der Waals surface area contributed by atoms with E-state index in [-0.39, 0.29) is 22.2 Å². The number of non-ortho nitro benzene ring substituents is 1. The first kappa shape index (κ1) is 19.7. The van der Waals surface area contributed by atoms with Crippen LogP contribution >= 0.6 is 23.4 Å². The third kappa shape index (κ3) is 4.80. The SMILES string of the molecule is Cc1c(CN2CCSCC2)cccc1NC(=O)c1ccc([N+](=O)[O-])cc1Cl. The topological polar surface area (TPSA) is 75.5 Å². The van der Waals surface area contributed by atoms with Crippen LogP contribution in [0.1, 0.15) is 21.5 Å². The molecule has 3 rings (SSSR count). The fourth-order valence-corrected chi connectivity index (χ4v) is 4.22. The molecule has 0 aromatic heterocycles. The Kier molecular flexibility index (Phi) is 6.36. The summed E-state index contributed by atoms with van der Waals surface area (Å²) in [5.74, 6) is 1.91. The molecule has 0 bridgehead atoms. The number of nitro benzene ring substituents is 1. The Hall–Kier alpha value is -2.09. The van der Waals surface area contributed by atoms with E-state index in [2.05, 4.69) is 16.3 Å². The number of nitrogens with zero attached hydrogens (tertiary/aromatic N) is 2. The molecule has 1 amide bonds. The predicted molar refractivity (Wildman–Crippen MR) is 110 cm³/mol. The van der Waals surface area contributed by atoms with Gasteiger partial charge in [0, 0.05) is 49.0 Å². The molecule has 1 saturated heterocycles. The Balaban J connectivity index is 1.76. The van der Waals surface area contributed by atoms with Crippen LogP contribution in [0.4, 0.5) is 11.4 Å². The lowest BCUT2D eigenvalue weighted by Gasteiger charge is -2.27. The van der Waals surface area contributed by atoms with Crippen molar-refractivity contribution >= 4 is 40.6 Å². The van der Waals surface area contributed by atoms with Crippen molar-refractivity contribution in [2.45, 2.75) is 13.5 Å². The molecule has 0 saturated carbocycles. The average molecular weight is 406 g/mol. The maximum Gasteiger partial charge on any atom is 0.270 e. The first-order chi connectivity index (χ1) is 13.0. The Labute approximate surface area is 167 Å². The minimum Gasteiger partial charge on any atom is -0.322 e. The molecule has 1 aliphatic rings. The number of amides is 1. The van der Waals surface area contributed by atoms with Crippen LogP contribution in [0.5, 0.6) is 0 Å². The molecule has 142 valence electrons. The molecule has 2 aromatic rings. The van der Waals surface area contributed by atoms with E-state index in [9.17, 15) is 14.9 Å². The first-order valence-corrected chi connectivity index (χ1v) is 10.1. The Morgan fingerprint density at radius 3 is 2.70 bits per heavy atom. The standard InChI is InChI=1S/C19H20ClN3O3S/c1-13-14(12-22-7-9-27-10-8-22)3-2-4-18(13)21-19(24)16-6-5-15(23(25)26)11-17(16)20/h2-6,11H,7-10,12H2,1H3,(H,21,24). The van der Waals surface area contributed by atoms with Gasteiger partial charge in [0.25, 0.3) is 11.6 Å². The first-order valence-electron chi connectivity index (χ1n) is 8.59. The van der Waals surface area contributed by atoms with Crippen LogP contribution < -0.4 is 5.32 Å². The molecule has 0 radical (unpaired) electrons. The number of benzene rings is 2. The lowest BCUT2D eigenvalue weighted by molar-refractivity contribution is -0.384. The van der Waals surface area contributed by atoms with Gasteiger partial charge >= 0.3 is 0 Å². The summed E-state index contributed by atoms with van der Waals surface area (Å²) in [6.45, 7) is 4.98. The van der Waals surface area contributed by atoms with Gasteiger partial charge in [0.05, 0.1) is 15.5 Å². The van der Waals surface area contributed by atoms with Gasteiger partial charge in [-0.25, -0.2) is 0 Å². The van der Waals surface area contributed by atoms with Crippen molar-refractivity contribution in [3.05, 3.63) is 68.2 Å². The molecule has 0 spiro atoms. The number of hydrogen-bond acceptors (Lipinski definition) is 5. The molecule has 8 heteroatoms. The van der Waals surface area contributed by atoms with Crippen LogP contribution in [0.25, 0.3) is 0 Å². The van der Waals surface area contributed by atoms with Crippen LogP contribution in [0.15, 0.2) is 36.4 Å². The van der Waals surface area contributed by atoms with Crippen LogP contribution in [0.2, 0.25) is 5.02 Å². The smallest absolute Gasteiger partial charge is 0.270 e. The zero-order valence-corrected chi connectivity index (χ0v) is 16.5. The van der Waals surface area contributed by atoms with Crippen molar-refractivity contribution in [1.82, 2.24) is 4.90 Å². The molecule has 1 fully saturated rings. The number of halogens is 1. The van der Waals surface area contributed by atoms with E-state index < -0.39 is 4.92 Å². The molecule has 0 atom stereocenters. The second-order valence-corrected chi connectivity index (χ2v) is 7.99. The minimum absolute atomic E-state index is 0.0568. The summed E-state index contributed by atoms with van der Waals surface area (Å²) in [5.41, 5.74) is 2.98. The third-order valence-corrected chi connectivity index (χ3v) is 5.86. The van der Waals surface area contributed by atoms with Crippen molar-refractivity contribution in [3.8, 4) is 0 Å². The van der Waals surface area contributed by atoms with Gasteiger partial charge in [-0.05, 0) is 30.2 Å². The van der Waals surface area contributed by atoms with Crippen LogP contribution in [-0.4, -0.2) is 40.3 Å². The molecule has 0 unspecified atom stereocenters. The number of nitro groups is 1.